The molecule has 94 valence electrons. The number of primary amides is 1. The molecule has 5 heteroatoms. The third-order valence-corrected chi connectivity index (χ3v) is 2.78. The van der Waals surface area contributed by atoms with Crippen LogP contribution in [0.3, 0.4) is 0 Å². The lowest BCUT2D eigenvalue weighted by Crippen LogP contribution is -2.11. The van der Waals surface area contributed by atoms with Crippen LogP contribution >= 0.6 is 0 Å². The number of carbonyl (C=O) groups excluding carboxylic acids is 1. The van der Waals surface area contributed by atoms with Crippen molar-refractivity contribution >= 4 is 11.6 Å². The average Bonchev–Trinajstić information content (AvgIpc) is 2.76. The maximum absolute atomic E-state index is 10.9. The van der Waals surface area contributed by atoms with E-state index in [9.17, 15) is 4.79 Å². The number of amides is 1. The predicted molar refractivity (Wildman–Crippen MR) is 70.2 cm³/mol. The molecule has 0 radical (unpaired) electrons. The van der Waals surface area contributed by atoms with Gasteiger partial charge >= 0.3 is 0 Å². The summed E-state index contributed by atoms with van der Waals surface area (Å²) in [5, 5.41) is 7.46. The summed E-state index contributed by atoms with van der Waals surface area (Å²) in [5.41, 5.74) is 7.75. The van der Waals surface area contributed by atoms with Gasteiger partial charge in [-0.05, 0) is 31.2 Å². The predicted octanol–water partition coefficient (Wildman–Crippen LogP) is 1.69. The van der Waals surface area contributed by atoms with Crippen LogP contribution < -0.4 is 11.1 Å². The lowest BCUT2D eigenvalue weighted by molar-refractivity contribution is 0.100. The maximum Gasteiger partial charge on any atom is 0.248 e. The molecule has 5 nitrogen and oxygen atoms in total. The number of carbonyl (C=O) groups is 1. The van der Waals surface area contributed by atoms with E-state index in [1.54, 1.807) is 16.8 Å². The number of anilines is 1. The Kier molecular flexibility index (Phi) is 3.32. The summed E-state index contributed by atoms with van der Waals surface area (Å²) < 4.78 is 1.77. The van der Waals surface area contributed by atoms with Gasteiger partial charge in [0.25, 0.3) is 0 Å². The van der Waals surface area contributed by atoms with Gasteiger partial charge in [0, 0.05) is 30.1 Å². The van der Waals surface area contributed by atoms with Gasteiger partial charge in [-0.2, -0.15) is 5.10 Å². The van der Waals surface area contributed by atoms with Gasteiger partial charge in [0.15, 0.2) is 0 Å². The maximum atomic E-state index is 10.9. The topological polar surface area (TPSA) is 72.9 Å². The fourth-order valence-electron chi connectivity index (χ4n) is 1.73. The molecule has 1 aromatic heterocycles. The van der Waals surface area contributed by atoms with Crippen LogP contribution in [0.1, 0.15) is 28.9 Å². The van der Waals surface area contributed by atoms with E-state index in [0.29, 0.717) is 5.56 Å². The summed E-state index contributed by atoms with van der Waals surface area (Å²) in [4.78, 5) is 10.9. The van der Waals surface area contributed by atoms with Gasteiger partial charge in [-0.15, -0.1) is 0 Å². The van der Waals surface area contributed by atoms with Gasteiger partial charge in [0.1, 0.15) is 0 Å². The molecule has 0 saturated heterocycles. The summed E-state index contributed by atoms with van der Waals surface area (Å²) in [6, 6.07) is 7.25. The second-order valence-electron chi connectivity index (χ2n) is 4.25. The van der Waals surface area contributed by atoms with E-state index in [4.69, 9.17) is 5.73 Å². The molecule has 2 rings (SSSR count). The van der Waals surface area contributed by atoms with Gasteiger partial charge in [-0.3, -0.25) is 9.48 Å². The lowest BCUT2D eigenvalue weighted by atomic mass is 10.1. The lowest BCUT2D eigenvalue weighted by Gasteiger charge is -2.13. The fourth-order valence-corrected chi connectivity index (χ4v) is 1.73. The molecule has 2 aromatic rings. The van der Waals surface area contributed by atoms with E-state index >= 15 is 0 Å². The van der Waals surface area contributed by atoms with Crippen molar-refractivity contribution in [3.8, 4) is 0 Å². The molecule has 0 saturated carbocycles. The number of nitrogens with zero attached hydrogens (tertiary/aromatic N) is 2. The Hall–Kier alpha value is -2.30. The Morgan fingerprint density at radius 2 is 2.06 bits per heavy atom. The van der Waals surface area contributed by atoms with Crippen molar-refractivity contribution in [2.45, 2.75) is 13.0 Å². The molecule has 0 bridgehead atoms. The molecule has 0 aliphatic heterocycles. The smallest absolute Gasteiger partial charge is 0.248 e. The Bertz CT molecular complexity index is 544. The van der Waals surface area contributed by atoms with Crippen LogP contribution in [0.25, 0.3) is 0 Å². The fraction of sp³-hybridized carbons (Fsp3) is 0.231. The van der Waals surface area contributed by atoms with Crippen LogP contribution in [0.5, 0.6) is 0 Å². The molecule has 1 amide bonds. The molecule has 0 aliphatic carbocycles. The van der Waals surface area contributed by atoms with E-state index in [-0.39, 0.29) is 6.04 Å². The van der Waals surface area contributed by atoms with Crippen LogP contribution in [0.2, 0.25) is 0 Å². The van der Waals surface area contributed by atoms with Crippen LogP contribution in [0.15, 0.2) is 36.7 Å². The van der Waals surface area contributed by atoms with Crippen LogP contribution in [-0.2, 0) is 7.05 Å². The third-order valence-electron chi connectivity index (χ3n) is 2.78. The van der Waals surface area contributed by atoms with Gasteiger partial charge in [0.2, 0.25) is 5.91 Å². The molecule has 18 heavy (non-hydrogen) atoms. The molecule has 0 aliphatic rings. The molecule has 0 fully saturated rings. The Morgan fingerprint density at radius 3 is 2.56 bits per heavy atom. The first-order valence-corrected chi connectivity index (χ1v) is 5.71. The van der Waals surface area contributed by atoms with Crippen LogP contribution in [-0.4, -0.2) is 15.7 Å². The van der Waals surface area contributed by atoms with E-state index in [2.05, 4.69) is 17.3 Å². The zero-order valence-electron chi connectivity index (χ0n) is 10.4. The molecular formula is C13H16N4O. The number of hydrogen-bond acceptors (Lipinski definition) is 3. The average molecular weight is 244 g/mol. The van der Waals surface area contributed by atoms with E-state index in [1.807, 2.05) is 31.6 Å². The summed E-state index contributed by atoms with van der Waals surface area (Å²) in [7, 11) is 1.89. The number of aromatic nitrogens is 2. The number of hydrogen-bond donors (Lipinski definition) is 2. The van der Waals surface area contributed by atoms with Gasteiger partial charge < -0.3 is 11.1 Å². The minimum Gasteiger partial charge on any atom is -0.378 e. The largest absolute Gasteiger partial charge is 0.378 e. The van der Waals surface area contributed by atoms with E-state index in [0.717, 1.165) is 11.3 Å². The van der Waals surface area contributed by atoms with E-state index < -0.39 is 5.91 Å². The van der Waals surface area contributed by atoms with Crippen LogP contribution in [0.4, 0.5) is 5.69 Å². The number of nitrogens with two attached hydrogens (primary N) is 1. The minimum absolute atomic E-state index is 0.151. The van der Waals surface area contributed by atoms with Crippen LogP contribution in [0, 0.1) is 0 Å². The third kappa shape index (κ3) is 2.68. The zero-order chi connectivity index (χ0) is 13.1. The molecule has 3 N–H and O–H groups in total. The first kappa shape index (κ1) is 12.2. The van der Waals surface area contributed by atoms with Gasteiger partial charge in [-0.25, -0.2) is 0 Å². The molecule has 1 unspecified atom stereocenters. The zero-order valence-corrected chi connectivity index (χ0v) is 10.4. The highest BCUT2D eigenvalue weighted by Gasteiger charge is 2.07. The van der Waals surface area contributed by atoms with Gasteiger partial charge in [-0.1, -0.05) is 0 Å². The number of nitrogens with one attached hydrogen (secondary N) is 1. The molecule has 1 heterocycles. The summed E-state index contributed by atoms with van der Waals surface area (Å²) in [6.45, 7) is 2.05. The molecule has 0 spiro atoms. The van der Waals surface area contributed by atoms with Crippen molar-refractivity contribution in [1.29, 1.82) is 0 Å². The highest BCUT2D eigenvalue weighted by molar-refractivity contribution is 5.93. The van der Waals surface area contributed by atoms with Crippen molar-refractivity contribution in [1.82, 2.24) is 9.78 Å². The second kappa shape index (κ2) is 4.91. The number of aryl methyl sites for hydroxylation is 1. The Balaban J connectivity index is 2.07. The van der Waals surface area contributed by atoms with Crippen molar-refractivity contribution in [2.75, 3.05) is 5.32 Å². The summed E-state index contributed by atoms with van der Waals surface area (Å²) in [6.07, 6.45) is 3.80. The highest BCUT2D eigenvalue weighted by Crippen LogP contribution is 2.18. The normalized spacial score (nSPS) is 12.1. The molecule has 1 aromatic carbocycles. The van der Waals surface area contributed by atoms with Gasteiger partial charge in [0.05, 0.1) is 12.2 Å². The number of rotatable bonds is 4. The monoisotopic (exact) mass is 244 g/mol. The van der Waals surface area contributed by atoms with Crippen molar-refractivity contribution in [2.24, 2.45) is 12.8 Å². The Morgan fingerprint density at radius 1 is 1.39 bits per heavy atom. The van der Waals surface area contributed by atoms with E-state index in [1.165, 1.54) is 0 Å². The minimum atomic E-state index is -0.415. The standard InChI is InChI=1S/C13H16N4O/c1-9(11-7-15-17(2)8-11)16-12-5-3-10(4-6-12)13(14)18/h3-9,16H,1-2H3,(H2,14,18). The molecular weight excluding hydrogens is 228 g/mol. The summed E-state index contributed by atoms with van der Waals surface area (Å²) in [5.74, 6) is -0.415. The summed E-state index contributed by atoms with van der Waals surface area (Å²) >= 11 is 0. The van der Waals surface area contributed by atoms with Crippen molar-refractivity contribution in [3.63, 3.8) is 0 Å². The number of benzene rings is 1. The molecule has 1 atom stereocenters. The first-order valence-electron chi connectivity index (χ1n) is 5.71. The first-order chi connectivity index (χ1) is 8.56. The SMILES string of the molecule is CC(Nc1ccc(C(N)=O)cc1)c1cnn(C)c1. The van der Waals surface area contributed by atoms with Crippen molar-refractivity contribution < 1.29 is 4.79 Å². The second-order valence-corrected chi connectivity index (χ2v) is 4.25. The Labute approximate surface area is 106 Å². The quantitative estimate of drug-likeness (QED) is 0.859. The highest BCUT2D eigenvalue weighted by atomic mass is 16.1. The van der Waals surface area contributed by atoms with Crippen molar-refractivity contribution in [3.05, 3.63) is 47.8 Å².